The number of hydrogen-bond acceptors (Lipinski definition) is 6. The van der Waals surface area contributed by atoms with Gasteiger partial charge >= 0.3 is 11.9 Å². The summed E-state index contributed by atoms with van der Waals surface area (Å²) in [6.45, 7) is 11.1. The highest BCUT2D eigenvalue weighted by Crippen LogP contribution is 2.21. The average Bonchev–Trinajstić information content (AvgIpc) is 2.94. The molecule has 0 aromatic rings. The van der Waals surface area contributed by atoms with E-state index < -0.39 is 5.41 Å². The molecule has 22 heavy (non-hydrogen) atoms. The van der Waals surface area contributed by atoms with Gasteiger partial charge in [-0.3, -0.25) is 19.4 Å². The minimum Gasteiger partial charge on any atom is -0.464 e. The number of esters is 2. The first-order valence-electron chi connectivity index (χ1n) is 8.24. The van der Waals surface area contributed by atoms with Crippen LogP contribution in [0.25, 0.3) is 0 Å². The highest BCUT2D eigenvalue weighted by atomic mass is 16.5. The van der Waals surface area contributed by atoms with Crippen molar-refractivity contribution in [2.45, 2.75) is 39.7 Å². The second kappa shape index (κ2) is 7.42. The lowest BCUT2D eigenvalue weighted by molar-refractivity contribution is -0.154. The van der Waals surface area contributed by atoms with E-state index in [0.29, 0.717) is 13.2 Å². The zero-order valence-electron chi connectivity index (χ0n) is 14.0. The Bertz CT molecular complexity index is 403. The average molecular weight is 312 g/mol. The van der Waals surface area contributed by atoms with Crippen LogP contribution in [0.5, 0.6) is 0 Å². The van der Waals surface area contributed by atoms with Crippen molar-refractivity contribution in [2.24, 2.45) is 5.41 Å². The molecule has 0 aromatic carbocycles. The van der Waals surface area contributed by atoms with Gasteiger partial charge in [0.1, 0.15) is 12.6 Å². The summed E-state index contributed by atoms with van der Waals surface area (Å²) in [7, 11) is 0. The van der Waals surface area contributed by atoms with E-state index in [0.717, 1.165) is 45.6 Å². The molecule has 0 amide bonds. The quantitative estimate of drug-likeness (QED) is 0.679. The van der Waals surface area contributed by atoms with Gasteiger partial charge in [-0.2, -0.15) is 0 Å². The molecule has 2 aliphatic heterocycles. The molecule has 2 aliphatic rings. The Kier molecular flexibility index (Phi) is 5.81. The van der Waals surface area contributed by atoms with Crippen LogP contribution in [0.3, 0.4) is 0 Å². The summed E-state index contributed by atoms with van der Waals surface area (Å²) < 4.78 is 10.4. The first kappa shape index (κ1) is 17.2. The van der Waals surface area contributed by atoms with Gasteiger partial charge < -0.3 is 9.47 Å². The van der Waals surface area contributed by atoms with Crippen molar-refractivity contribution in [2.75, 3.05) is 45.9 Å². The van der Waals surface area contributed by atoms with Crippen LogP contribution in [0.2, 0.25) is 0 Å². The van der Waals surface area contributed by atoms with E-state index in [9.17, 15) is 9.59 Å². The summed E-state index contributed by atoms with van der Waals surface area (Å²) in [6.07, 6.45) is 1.59. The van der Waals surface area contributed by atoms with Crippen molar-refractivity contribution in [3.8, 4) is 0 Å². The van der Waals surface area contributed by atoms with Crippen LogP contribution in [-0.2, 0) is 19.1 Å². The topological polar surface area (TPSA) is 59.1 Å². The lowest BCUT2D eigenvalue weighted by atomic mass is 9.91. The fourth-order valence-corrected chi connectivity index (χ4v) is 2.72. The minimum absolute atomic E-state index is 0.0506. The molecular formula is C16H28N2O4. The normalized spacial score (nSPS) is 24.3. The number of ether oxygens (including phenoxy) is 2. The summed E-state index contributed by atoms with van der Waals surface area (Å²) >= 11 is 0. The lowest BCUT2D eigenvalue weighted by Crippen LogP contribution is -2.52. The summed E-state index contributed by atoms with van der Waals surface area (Å²) in [5, 5.41) is 0. The maximum atomic E-state index is 11.9. The largest absolute Gasteiger partial charge is 0.464 e. The van der Waals surface area contributed by atoms with Crippen molar-refractivity contribution >= 4 is 11.9 Å². The number of carbonyl (C=O) groups is 2. The second-order valence-electron chi connectivity index (χ2n) is 6.72. The number of piperazine rings is 1. The maximum absolute atomic E-state index is 11.9. The van der Waals surface area contributed by atoms with E-state index in [-0.39, 0.29) is 18.0 Å². The molecule has 0 saturated carbocycles. The van der Waals surface area contributed by atoms with E-state index in [4.69, 9.17) is 9.47 Å². The third-order valence-electron chi connectivity index (χ3n) is 4.83. The molecule has 2 heterocycles. The zero-order valence-corrected chi connectivity index (χ0v) is 14.0. The van der Waals surface area contributed by atoms with Crippen LogP contribution in [0.15, 0.2) is 0 Å². The minimum atomic E-state index is -0.401. The number of rotatable bonds is 6. The van der Waals surface area contributed by atoms with Gasteiger partial charge in [0.15, 0.2) is 0 Å². The summed E-state index contributed by atoms with van der Waals surface area (Å²) in [6, 6.07) is -0.0506. The van der Waals surface area contributed by atoms with Crippen molar-refractivity contribution in [3.63, 3.8) is 0 Å². The van der Waals surface area contributed by atoms with Crippen LogP contribution < -0.4 is 0 Å². The molecule has 1 atom stereocenters. The number of carbonyl (C=O) groups excluding carboxylic acids is 2. The molecular weight excluding hydrogens is 284 g/mol. The van der Waals surface area contributed by atoms with E-state index in [1.54, 1.807) is 0 Å². The van der Waals surface area contributed by atoms with Gasteiger partial charge in [-0.15, -0.1) is 0 Å². The molecule has 1 unspecified atom stereocenters. The maximum Gasteiger partial charge on any atom is 0.323 e. The Morgan fingerprint density at radius 3 is 2.55 bits per heavy atom. The fraction of sp³-hybridized carbons (Fsp3) is 0.875. The summed E-state index contributed by atoms with van der Waals surface area (Å²) in [4.78, 5) is 28.0. The highest BCUT2D eigenvalue weighted by molar-refractivity contribution is 5.77. The standard InChI is InChI=1S/C16H28N2O4/c1-4-16(2,3)15(20)22-12-10-17-6-8-18(9-7-17)13-5-11-21-14(13)19/h13H,4-12H2,1-3H3. The molecule has 0 radical (unpaired) electrons. The third kappa shape index (κ3) is 4.20. The van der Waals surface area contributed by atoms with E-state index in [1.165, 1.54) is 0 Å². The van der Waals surface area contributed by atoms with Gasteiger partial charge in [0.05, 0.1) is 12.0 Å². The van der Waals surface area contributed by atoms with Crippen LogP contribution in [0.1, 0.15) is 33.6 Å². The Hall–Kier alpha value is -1.14. The Labute approximate surface area is 132 Å². The SMILES string of the molecule is CCC(C)(C)C(=O)OCCN1CCN(C2CCOC2=O)CC1. The summed E-state index contributed by atoms with van der Waals surface area (Å²) in [5.41, 5.74) is -0.401. The number of nitrogens with zero attached hydrogens (tertiary/aromatic N) is 2. The van der Waals surface area contributed by atoms with Crippen molar-refractivity contribution in [3.05, 3.63) is 0 Å². The van der Waals surface area contributed by atoms with Crippen LogP contribution in [-0.4, -0.2) is 73.7 Å². The van der Waals surface area contributed by atoms with Crippen LogP contribution in [0, 0.1) is 5.41 Å². The second-order valence-corrected chi connectivity index (χ2v) is 6.72. The van der Waals surface area contributed by atoms with Gasteiger partial charge in [-0.1, -0.05) is 6.92 Å². The van der Waals surface area contributed by atoms with Crippen molar-refractivity contribution in [1.29, 1.82) is 0 Å². The fourth-order valence-electron chi connectivity index (χ4n) is 2.72. The highest BCUT2D eigenvalue weighted by Gasteiger charge is 2.34. The van der Waals surface area contributed by atoms with Gasteiger partial charge in [0, 0.05) is 39.1 Å². The van der Waals surface area contributed by atoms with Gasteiger partial charge in [0.2, 0.25) is 0 Å². The first-order chi connectivity index (χ1) is 10.4. The smallest absolute Gasteiger partial charge is 0.323 e. The molecule has 0 N–H and O–H groups in total. The Morgan fingerprint density at radius 1 is 1.32 bits per heavy atom. The Morgan fingerprint density at radius 2 is 2.00 bits per heavy atom. The molecule has 2 rings (SSSR count). The van der Waals surface area contributed by atoms with E-state index in [1.807, 2.05) is 20.8 Å². The predicted molar refractivity (Wildman–Crippen MR) is 82.4 cm³/mol. The van der Waals surface area contributed by atoms with E-state index >= 15 is 0 Å². The summed E-state index contributed by atoms with van der Waals surface area (Å²) in [5.74, 6) is -0.202. The van der Waals surface area contributed by atoms with Crippen molar-refractivity contribution < 1.29 is 19.1 Å². The molecule has 6 nitrogen and oxygen atoms in total. The number of cyclic esters (lactones) is 1. The third-order valence-corrected chi connectivity index (χ3v) is 4.83. The first-order valence-corrected chi connectivity index (χ1v) is 8.24. The zero-order chi connectivity index (χ0) is 16.2. The van der Waals surface area contributed by atoms with Crippen molar-refractivity contribution in [1.82, 2.24) is 9.80 Å². The molecule has 0 aliphatic carbocycles. The Balaban J connectivity index is 1.65. The molecule has 126 valence electrons. The van der Waals surface area contributed by atoms with Gasteiger partial charge in [-0.25, -0.2) is 0 Å². The number of hydrogen-bond donors (Lipinski definition) is 0. The molecule has 0 spiro atoms. The molecule has 2 saturated heterocycles. The van der Waals surface area contributed by atoms with E-state index in [2.05, 4.69) is 9.80 Å². The molecule has 0 aromatic heterocycles. The molecule has 6 heteroatoms. The van der Waals surface area contributed by atoms with Crippen LogP contribution >= 0.6 is 0 Å². The monoisotopic (exact) mass is 312 g/mol. The predicted octanol–water partition coefficient (Wildman–Crippen LogP) is 0.899. The molecule has 0 bridgehead atoms. The lowest BCUT2D eigenvalue weighted by Gasteiger charge is -2.36. The van der Waals surface area contributed by atoms with Gasteiger partial charge in [-0.05, 0) is 20.3 Å². The molecule has 2 fully saturated rings. The van der Waals surface area contributed by atoms with Gasteiger partial charge in [0.25, 0.3) is 0 Å². The van der Waals surface area contributed by atoms with Crippen LogP contribution in [0.4, 0.5) is 0 Å².